The number of aromatic nitrogens is 1. The van der Waals surface area contributed by atoms with Gasteiger partial charge in [-0.1, -0.05) is 30.3 Å². The summed E-state index contributed by atoms with van der Waals surface area (Å²) in [4.78, 5) is 0. The van der Waals surface area contributed by atoms with E-state index in [1.54, 1.807) is 14.2 Å². The van der Waals surface area contributed by atoms with Gasteiger partial charge in [-0.3, -0.25) is 0 Å². The van der Waals surface area contributed by atoms with Gasteiger partial charge in [0.2, 0.25) is 0 Å². The Morgan fingerprint density at radius 2 is 1.50 bits per heavy atom. The van der Waals surface area contributed by atoms with Crippen molar-refractivity contribution in [3.63, 3.8) is 0 Å². The van der Waals surface area contributed by atoms with Gasteiger partial charge in [0, 0.05) is 23.5 Å². The lowest BCUT2D eigenvalue weighted by molar-refractivity contribution is 0.415. The zero-order valence-electron chi connectivity index (χ0n) is 14.9. The summed E-state index contributed by atoms with van der Waals surface area (Å²) < 4.78 is 13.0. The molecule has 3 heteroatoms. The quantitative estimate of drug-likeness (QED) is 0.499. The van der Waals surface area contributed by atoms with E-state index in [1.807, 2.05) is 30.3 Å². The molecule has 0 spiro atoms. The standard InChI is InChI=1S/C23H20NO2/c1-25-20-10-8-18(9-11-20)23-15-19-14-21(26-2)12-13-22(19)24(23)16-17-6-4-3-5-7-17/h3-14H,16H2,1-2H3. The summed E-state index contributed by atoms with van der Waals surface area (Å²) in [6.45, 7) is 0.786. The van der Waals surface area contributed by atoms with Gasteiger partial charge in [0.1, 0.15) is 11.5 Å². The van der Waals surface area contributed by atoms with Crippen molar-refractivity contribution in [3.8, 4) is 22.8 Å². The van der Waals surface area contributed by atoms with Gasteiger partial charge in [0.05, 0.1) is 19.9 Å². The van der Waals surface area contributed by atoms with Crippen LogP contribution in [0.5, 0.6) is 11.5 Å². The minimum atomic E-state index is 0.786. The number of nitrogens with zero attached hydrogens (tertiary/aromatic N) is 1. The molecular weight excluding hydrogens is 322 g/mol. The lowest BCUT2D eigenvalue weighted by atomic mass is 10.1. The second-order valence-electron chi connectivity index (χ2n) is 6.16. The summed E-state index contributed by atoms with van der Waals surface area (Å²) in [7, 11) is 3.37. The third-order valence-electron chi connectivity index (χ3n) is 4.56. The van der Waals surface area contributed by atoms with Crippen molar-refractivity contribution in [1.82, 2.24) is 4.57 Å². The van der Waals surface area contributed by atoms with Gasteiger partial charge in [-0.15, -0.1) is 0 Å². The van der Waals surface area contributed by atoms with Gasteiger partial charge in [-0.2, -0.15) is 0 Å². The Balaban J connectivity index is 1.87. The Bertz CT molecular complexity index is 1020. The molecule has 3 aromatic carbocycles. The molecule has 4 rings (SSSR count). The van der Waals surface area contributed by atoms with Crippen LogP contribution in [0.25, 0.3) is 22.2 Å². The van der Waals surface area contributed by atoms with Gasteiger partial charge >= 0.3 is 0 Å². The van der Waals surface area contributed by atoms with Crippen LogP contribution < -0.4 is 9.47 Å². The second-order valence-corrected chi connectivity index (χ2v) is 6.16. The van der Waals surface area contributed by atoms with Crippen LogP contribution in [0, 0.1) is 6.07 Å². The van der Waals surface area contributed by atoms with E-state index >= 15 is 0 Å². The number of hydrogen-bond acceptors (Lipinski definition) is 2. The summed E-state index contributed by atoms with van der Waals surface area (Å²) in [5.74, 6) is 1.69. The van der Waals surface area contributed by atoms with Gasteiger partial charge in [-0.05, 0) is 53.6 Å². The summed E-state index contributed by atoms with van der Waals surface area (Å²) in [5.41, 5.74) is 4.56. The van der Waals surface area contributed by atoms with Gasteiger partial charge < -0.3 is 14.0 Å². The monoisotopic (exact) mass is 342 g/mol. The molecule has 0 atom stereocenters. The van der Waals surface area contributed by atoms with Crippen LogP contribution in [0.3, 0.4) is 0 Å². The Hall–Kier alpha value is -3.20. The molecule has 0 bridgehead atoms. The van der Waals surface area contributed by atoms with E-state index in [9.17, 15) is 0 Å². The highest BCUT2D eigenvalue weighted by Gasteiger charge is 2.13. The number of fused-ring (bicyclic) bond motifs is 1. The van der Waals surface area contributed by atoms with Gasteiger partial charge in [0.15, 0.2) is 0 Å². The molecule has 0 fully saturated rings. The van der Waals surface area contributed by atoms with E-state index in [1.165, 1.54) is 5.56 Å². The van der Waals surface area contributed by atoms with Crippen LogP contribution in [0.15, 0.2) is 72.8 Å². The van der Waals surface area contributed by atoms with Crippen LogP contribution in [-0.2, 0) is 6.54 Å². The maximum Gasteiger partial charge on any atom is 0.119 e. The van der Waals surface area contributed by atoms with E-state index in [-0.39, 0.29) is 0 Å². The van der Waals surface area contributed by atoms with Crippen LogP contribution in [0.4, 0.5) is 0 Å². The number of ether oxygens (including phenoxy) is 2. The zero-order valence-corrected chi connectivity index (χ0v) is 14.9. The van der Waals surface area contributed by atoms with Gasteiger partial charge in [0.25, 0.3) is 0 Å². The first kappa shape index (κ1) is 16.3. The number of hydrogen-bond donors (Lipinski definition) is 0. The molecule has 0 saturated carbocycles. The van der Waals surface area contributed by atoms with Gasteiger partial charge in [-0.25, -0.2) is 0 Å². The van der Waals surface area contributed by atoms with E-state index in [2.05, 4.69) is 53.1 Å². The molecule has 1 radical (unpaired) electrons. The molecule has 0 aliphatic rings. The fourth-order valence-electron chi connectivity index (χ4n) is 3.20. The number of methoxy groups -OCH3 is 2. The molecule has 1 aromatic heterocycles. The number of benzene rings is 3. The number of rotatable bonds is 5. The van der Waals surface area contributed by atoms with Crippen molar-refractivity contribution in [2.45, 2.75) is 6.54 Å². The SMILES string of the molecule is COc1ccc(-c2[c]c3cc(OC)ccc3n2Cc2ccccc2)cc1. The zero-order chi connectivity index (χ0) is 17.9. The summed E-state index contributed by atoms with van der Waals surface area (Å²) in [6.07, 6.45) is 0. The van der Waals surface area contributed by atoms with Crippen LogP contribution in [0.1, 0.15) is 5.56 Å². The minimum absolute atomic E-state index is 0.786. The highest BCUT2D eigenvalue weighted by atomic mass is 16.5. The normalized spacial score (nSPS) is 10.8. The first-order valence-corrected chi connectivity index (χ1v) is 8.56. The van der Waals surface area contributed by atoms with E-state index < -0.39 is 0 Å². The fraction of sp³-hybridized carbons (Fsp3) is 0.130. The Morgan fingerprint density at radius 1 is 0.808 bits per heavy atom. The third kappa shape index (κ3) is 3.04. The molecule has 129 valence electrons. The van der Waals surface area contributed by atoms with Crippen LogP contribution in [-0.4, -0.2) is 18.8 Å². The minimum Gasteiger partial charge on any atom is -0.497 e. The summed E-state index contributed by atoms with van der Waals surface area (Å²) in [6, 6.07) is 28.3. The smallest absolute Gasteiger partial charge is 0.119 e. The van der Waals surface area contributed by atoms with E-state index in [0.717, 1.165) is 40.2 Å². The van der Waals surface area contributed by atoms with Crippen molar-refractivity contribution >= 4 is 10.9 Å². The molecule has 26 heavy (non-hydrogen) atoms. The Labute approximate surface area is 153 Å². The molecule has 4 aromatic rings. The highest BCUT2D eigenvalue weighted by molar-refractivity contribution is 5.87. The molecule has 3 nitrogen and oxygen atoms in total. The van der Waals surface area contributed by atoms with E-state index in [4.69, 9.17) is 9.47 Å². The maximum atomic E-state index is 5.38. The lowest BCUT2D eigenvalue weighted by Gasteiger charge is -2.12. The van der Waals surface area contributed by atoms with Crippen molar-refractivity contribution in [1.29, 1.82) is 0 Å². The average molecular weight is 342 g/mol. The Kier molecular flexibility index (Phi) is 4.36. The van der Waals surface area contributed by atoms with Crippen molar-refractivity contribution in [2.75, 3.05) is 14.2 Å². The van der Waals surface area contributed by atoms with Crippen LogP contribution in [0.2, 0.25) is 0 Å². The summed E-state index contributed by atoms with van der Waals surface area (Å²) in [5, 5.41) is 1.05. The Morgan fingerprint density at radius 3 is 2.19 bits per heavy atom. The molecule has 1 heterocycles. The van der Waals surface area contributed by atoms with Crippen LogP contribution >= 0.6 is 0 Å². The largest absolute Gasteiger partial charge is 0.497 e. The molecule has 0 N–H and O–H groups in total. The third-order valence-corrected chi connectivity index (χ3v) is 4.56. The molecule has 0 amide bonds. The molecule has 0 aliphatic heterocycles. The summed E-state index contributed by atoms with van der Waals surface area (Å²) >= 11 is 0. The molecule has 0 saturated heterocycles. The molecule has 0 unspecified atom stereocenters. The van der Waals surface area contributed by atoms with E-state index in [0.29, 0.717) is 0 Å². The highest BCUT2D eigenvalue weighted by Crippen LogP contribution is 2.31. The predicted octanol–water partition coefficient (Wildman–Crippen LogP) is 5.17. The first-order valence-electron chi connectivity index (χ1n) is 8.56. The van der Waals surface area contributed by atoms with Crippen molar-refractivity contribution < 1.29 is 9.47 Å². The predicted molar refractivity (Wildman–Crippen MR) is 105 cm³/mol. The lowest BCUT2D eigenvalue weighted by Crippen LogP contribution is -2.01. The van der Waals surface area contributed by atoms with Crippen molar-refractivity contribution in [2.24, 2.45) is 0 Å². The topological polar surface area (TPSA) is 23.4 Å². The molecule has 0 aliphatic carbocycles. The maximum absolute atomic E-state index is 5.38. The average Bonchev–Trinajstić information content (AvgIpc) is 3.06. The first-order chi connectivity index (χ1) is 12.8. The van der Waals surface area contributed by atoms with Crippen molar-refractivity contribution in [3.05, 3.63) is 84.4 Å². The molecular formula is C23H20NO2. The fourth-order valence-corrected chi connectivity index (χ4v) is 3.20. The second kappa shape index (κ2) is 6.96.